The summed E-state index contributed by atoms with van der Waals surface area (Å²) in [7, 11) is 0. The third kappa shape index (κ3) is 4.92. The van der Waals surface area contributed by atoms with E-state index >= 15 is 0 Å². The molecule has 0 saturated carbocycles. The van der Waals surface area contributed by atoms with Crippen LogP contribution < -0.4 is 5.32 Å². The predicted molar refractivity (Wildman–Crippen MR) is 89.2 cm³/mol. The standard InChI is InChI=1S/C17H25N3O4/c1-3-4-9-20-17(22)15(13(2)19-20)16(21)18-8-6-10-23-12-14-7-5-11-24-14/h5,7,11,15H,3-4,6,8-10,12H2,1-2H3,(H,18,21). The Morgan fingerprint density at radius 2 is 2.29 bits per heavy atom. The largest absolute Gasteiger partial charge is 0.467 e. The highest BCUT2D eigenvalue weighted by Gasteiger charge is 2.38. The van der Waals surface area contributed by atoms with E-state index in [2.05, 4.69) is 17.3 Å². The van der Waals surface area contributed by atoms with Crippen LogP contribution in [0.2, 0.25) is 0 Å². The normalized spacial score (nSPS) is 17.2. The van der Waals surface area contributed by atoms with Crippen molar-refractivity contribution < 1.29 is 18.7 Å². The van der Waals surface area contributed by atoms with Crippen LogP contribution in [0.15, 0.2) is 27.9 Å². The maximum atomic E-state index is 12.2. The fourth-order valence-corrected chi connectivity index (χ4v) is 2.45. The summed E-state index contributed by atoms with van der Waals surface area (Å²) in [5, 5.41) is 8.40. The Kier molecular flexibility index (Phi) is 6.99. The molecule has 24 heavy (non-hydrogen) atoms. The zero-order chi connectivity index (χ0) is 17.4. The molecule has 0 spiro atoms. The highest BCUT2D eigenvalue weighted by atomic mass is 16.5. The fraction of sp³-hybridized carbons (Fsp3) is 0.588. The summed E-state index contributed by atoms with van der Waals surface area (Å²) in [5.74, 6) is -0.528. The van der Waals surface area contributed by atoms with Crippen molar-refractivity contribution in [1.82, 2.24) is 10.3 Å². The van der Waals surface area contributed by atoms with Gasteiger partial charge in [-0.2, -0.15) is 5.10 Å². The Labute approximate surface area is 142 Å². The van der Waals surface area contributed by atoms with E-state index in [0.29, 0.717) is 38.4 Å². The number of hydrazone groups is 1. The molecular formula is C17H25N3O4. The summed E-state index contributed by atoms with van der Waals surface area (Å²) >= 11 is 0. The minimum Gasteiger partial charge on any atom is -0.467 e. The molecule has 0 radical (unpaired) electrons. The van der Waals surface area contributed by atoms with E-state index in [0.717, 1.165) is 18.6 Å². The molecule has 1 unspecified atom stereocenters. The van der Waals surface area contributed by atoms with Gasteiger partial charge in [0.1, 0.15) is 12.4 Å². The second-order valence-corrected chi connectivity index (χ2v) is 5.77. The van der Waals surface area contributed by atoms with Crippen molar-refractivity contribution in [3.63, 3.8) is 0 Å². The van der Waals surface area contributed by atoms with Crippen molar-refractivity contribution in [1.29, 1.82) is 0 Å². The first-order chi connectivity index (χ1) is 11.6. The van der Waals surface area contributed by atoms with Crippen LogP contribution in [-0.2, 0) is 20.9 Å². The van der Waals surface area contributed by atoms with Crippen LogP contribution in [-0.4, -0.2) is 42.2 Å². The second kappa shape index (κ2) is 9.22. The number of furan rings is 1. The predicted octanol–water partition coefficient (Wildman–Crippen LogP) is 1.94. The summed E-state index contributed by atoms with van der Waals surface area (Å²) in [6.07, 6.45) is 4.13. The Bertz CT molecular complexity index is 568. The second-order valence-electron chi connectivity index (χ2n) is 5.77. The summed E-state index contributed by atoms with van der Waals surface area (Å²) in [6, 6.07) is 3.66. The van der Waals surface area contributed by atoms with Gasteiger partial charge < -0.3 is 14.5 Å². The topological polar surface area (TPSA) is 84.1 Å². The van der Waals surface area contributed by atoms with Gasteiger partial charge in [-0.3, -0.25) is 9.59 Å². The van der Waals surface area contributed by atoms with Crippen molar-refractivity contribution in [2.45, 2.75) is 39.7 Å². The number of carbonyl (C=O) groups is 2. The van der Waals surface area contributed by atoms with E-state index in [-0.39, 0.29) is 11.8 Å². The van der Waals surface area contributed by atoms with Crippen LogP contribution in [0.1, 0.15) is 38.9 Å². The molecule has 0 bridgehead atoms. The van der Waals surface area contributed by atoms with Crippen LogP contribution in [0, 0.1) is 5.92 Å². The number of hydrogen-bond acceptors (Lipinski definition) is 5. The van der Waals surface area contributed by atoms with Crippen LogP contribution in [0.5, 0.6) is 0 Å². The third-order valence-corrected chi connectivity index (χ3v) is 3.77. The summed E-state index contributed by atoms with van der Waals surface area (Å²) in [6.45, 7) is 5.73. The SMILES string of the molecule is CCCCN1N=C(C)C(C(=O)NCCCOCc2ccco2)C1=O. The number of ether oxygens (including phenoxy) is 1. The molecule has 2 rings (SSSR count). The molecule has 0 aliphatic carbocycles. The molecule has 7 heteroatoms. The summed E-state index contributed by atoms with van der Waals surface area (Å²) < 4.78 is 10.6. The van der Waals surface area contributed by atoms with Gasteiger partial charge >= 0.3 is 0 Å². The lowest BCUT2D eigenvalue weighted by Crippen LogP contribution is -2.40. The van der Waals surface area contributed by atoms with Gasteiger partial charge in [0.25, 0.3) is 5.91 Å². The first-order valence-electron chi connectivity index (χ1n) is 8.37. The molecule has 2 amide bonds. The zero-order valence-corrected chi connectivity index (χ0v) is 14.3. The maximum Gasteiger partial charge on any atom is 0.261 e. The van der Waals surface area contributed by atoms with Crippen molar-refractivity contribution in [3.05, 3.63) is 24.2 Å². The maximum absolute atomic E-state index is 12.2. The molecule has 2 heterocycles. The number of rotatable bonds is 10. The molecule has 1 aliphatic rings. The van der Waals surface area contributed by atoms with Crippen molar-refractivity contribution in [2.24, 2.45) is 11.0 Å². The van der Waals surface area contributed by atoms with Gasteiger partial charge in [0, 0.05) is 19.7 Å². The molecule has 0 fully saturated rings. The number of nitrogens with zero attached hydrogens (tertiary/aromatic N) is 2. The van der Waals surface area contributed by atoms with Crippen molar-refractivity contribution >= 4 is 17.5 Å². The first kappa shape index (κ1) is 18.2. The molecule has 1 aliphatic heterocycles. The lowest BCUT2D eigenvalue weighted by atomic mass is 10.0. The fourth-order valence-electron chi connectivity index (χ4n) is 2.45. The van der Waals surface area contributed by atoms with Gasteiger partial charge in [0.15, 0.2) is 5.92 Å². The Morgan fingerprint density at radius 1 is 1.46 bits per heavy atom. The minimum absolute atomic E-state index is 0.229. The third-order valence-electron chi connectivity index (χ3n) is 3.77. The number of nitrogens with one attached hydrogen (secondary N) is 1. The molecule has 0 aromatic carbocycles. The molecule has 7 nitrogen and oxygen atoms in total. The van der Waals surface area contributed by atoms with Crippen molar-refractivity contribution in [2.75, 3.05) is 19.7 Å². The minimum atomic E-state index is -0.786. The number of hydrogen-bond donors (Lipinski definition) is 1. The smallest absolute Gasteiger partial charge is 0.261 e. The Balaban J connectivity index is 1.65. The molecular weight excluding hydrogens is 310 g/mol. The zero-order valence-electron chi connectivity index (χ0n) is 14.3. The van der Waals surface area contributed by atoms with Crippen LogP contribution in [0.4, 0.5) is 0 Å². The lowest BCUT2D eigenvalue weighted by molar-refractivity contribution is -0.137. The van der Waals surface area contributed by atoms with E-state index < -0.39 is 5.92 Å². The molecule has 0 saturated heterocycles. The van der Waals surface area contributed by atoms with Crippen LogP contribution in [0.3, 0.4) is 0 Å². The highest BCUT2D eigenvalue weighted by molar-refractivity contribution is 6.21. The highest BCUT2D eigenvalue weighted by Crippen LogP contribution is 2.16. The van der Waals surface area contributed by atoms with Gasteiger partial charge in [-0.15, -0.1) is 0 Å². The quantitative estimate of drug-likeness (QED) is 0.523. The monoisotopic (exact) mass is 335 g/mol. The Hall–Kier alpha value is -2.15. The molecule has 1 aromatic heterocycles. The molecule has 1 N–H and O–H groups in total. The number of unbranched alkanes of at least 4 members (excludes halogenated alkanes) is 1. The summed E-state index contributed by atoms with van der Waals surface area (Å²) in [4.78, 5) is 24.5. The average molecular weight is 335 g/mol. The van der Waals surface area contributed by atoms with Gasteiger partial charge in [-0.1, -0.05) is 13.3 Å². The Morgan fingerprint density at radius 3 is 3.00 bits per heavy atom. The van der Waals surface area contributed by atoms with E-state index in [1.807, 2.05) is 12.1 Å². The number of carbonyl (C=O) groups excluding carboxylic acids is 2. The van der Waals surface area contributed by atoms with E-state index in [1.165, 1.54) is 5.01 Å². The van der Waals surface area contributed by atoms with Crippen LogP contribution in [0.25, 0.3) is 0 Å². The molecule has 1 aromatic rings. The lowest BCUT2D eigenvalue weighted by Gasteiger charge is -2.14. The van der Waals surface area contributed by atoms with Crippen LogP contribution >= 0.6 is 0 Å². The first-order valence-corrected chi connectivity index (χ1v) is 8.37. The van der Waals surface area contributed by atoms with Gasteiger partial charge in [-0.05, 0) is 31.9 Å². The molecule has 1 atom stereocenters. The summed E-state index contributed by atoms with van der Waals surface area (Å²) in [5.41, 5.74) is 0.558. The van der Waals surface area contributed by atoms with Gasteiger partial charge in [0.2, 0.25) is 5.91 Å². The number of amides is 2. The van der Waals surface area contributed by atoms with Crippen molar-refractivity contribution in [3.8, 4) is 0 Å². The van der Waals surface area contributed by atoms with Gasteiger partial charge in [0.05, 0.1) is 12.0 Å². The average Bonchev–Trinajstić information content (AvgIpc) is 3.16. The van der Waals surface area contributed by atoms with E-state index in [1.54, 1.807) is 13.2 Å². The molecule has 132 valence electrons. The van der Waals surface area contributed by atoms with E-state index in [9.17, 15) is 9.59 Å². The van der Waals surface area contributed by atoms with Gasteiger partial charge in [-0.25, -0.2) is 5.01 Å². The van der Waals surface area contributed by atoms with E-state index in [4.69, 9.17) is 9.15 Å².